The molecule has 2 N–H and O–H groups in total. The largest absolute Gasteiger partial charge is 0.462 e. The van der Waals surface area contributed by atoms with Gasteiger partial charge in [0.25, 0.3) is 0 Å². The molecule has 0 bridgehead atoms. The predicted octanol–water partition coefficient (Wildman–Crippen LogP) is 4.52. The minimum Gasteiger partial charge on any atom is -0.462 e. The van der Waals surface area contributed by atoms with E-state index >= 15 is 0 Å². The van der Waals surface area contributed by atoms with Crippen molar-refractivity contribution in [2.45, 2.75) is 58.7 Å². The molecule has 35 heavy (non-hydrogen) atoms. The smallest absolute Gasteiger partial charge is 0.410 e. The molecular weight excluding hydrogens is 490 g/mol. The highest BCUT2D eigenvalue weighted by Crippen LogP contribution is 2.36. The minimum absolute atomic E-state index is 0.205. The van der Waals surface area contributed by atoms with Crippen molar-refractivity contribution >= 4 is 45.9 Å². The number of rotatable bonds is 6. The van der Waals surface area contributed by atoms with E-state index in [4.69, 9.17) is 26.8 Å². The maximum atomic E-state index is 13.8. The van der Waals surface area contributed by atoms with E-state index in [1.807, 2.05) is 12.1 Å². The van der Waals surface area contributed by atoms with Gasteiger partial charge in [-0.15, -0.1) is 11.3 Å². The number of halogens is 1. The Morgan fingerprint density at radius 3 is 2.49 bits per heavy atom. The predicted molar refractivity (Wildman–Crippen MR) is 137 cm³/mol. The van der Waals surface area contributed by atoms with E-state index in [0.29, 0.717) is 41.5 Å². The number of amides is 2. The van der Waals surface area contributed by atoms with Crippen LogP contribution in [0, 0.1) is 0 Å². The molecular formula is C25H32ClN3O5S. The number of hydrogen-bond acceptors (Lipinski definition) is 7. The van der Waals surface area contributed by atoms with Crippen LogP contribution < -0.4 is 5.73 Å². The summed E-state index contributed by atoms with van der Waals surface area (Å²) >= 11 is 7.32. The number of nitrogens with zero attached hydrogens (tertiary/aromatic N) is 2. The lowest BCUT2D eigenvalue weighted by Crippen LogP contribution is -2.52. The molecule has 3 rings (SSSR count). The molecule has 10 heteroatoms. The highest BCUT2D eigenvalue weighted by atomic mass is 35.5. The van der Waals surface area contributed by atoms with Gasteiger partial charge in [-0.2, -0.15) is 0 Å². The van der Waals surface area contributed by atoms with Gasteiger partial charge in [-0.1, -0.05) is 23.7 Å². The van der Waals surface area contributed by atoms with Crippen molar-refractivity contribution in [3.05, 3.63) is 50.9 Å². The maximum Gasteiger partial charge on any atom is 0.410 e. The number of carbonyl (C=O) groups excluding carboxylic acids is 3. The van der Waals surface area contributed by atoms with E-state index in [9.17, 15) is 14.4 Å². The van der Waals surface area contributed by atoms with Gasteiger partial charge in [-0.25, -0.2) is 9.59 Å². The summed E-state index contributed by atoms with van der Waals surface area (Å²) in [6.45, 7) is 8.05. The second-order valence-corrected chi connectivity index (χ2v) is 11.0. The number of hydrogen-bond donors (Lipinski definition) is 1. The number of anilines is 1. The lowest BCUT2D eigenvalue weighted by molar-refractivity contribution is -0.137. The van der Waals surface area contributed by atoms with Gasteiger partial charge in [0.15, 0.2) is 0 Å². The average molecular weight is 522 g/mol. The second kappa shape index (κ2) is 10.9. The molecule has 1 aromatic carbocycles. The third kappa shape index (κ3) is 6.46. The van der Waals surface area contributed by atoms with E-state index in [0.717, 1.165) is 16.0 Å². The first-order chi connectivity index (χ1) is 16.4. The quantitative estimate of drug-likeness (QED) is 0.560. The van der Waals surface area contributed by atoms with Gasteiger partial charge in [0.2, 0.25) is 5.91 Å². The number of esters is 1. The topological polar surface area (TPSA) is 102 Å². The van der Waals surface area contributed by atoms with Gasteiger partial charge >= 0.3 is 12.1 Å². The van der Waals surface area contributed by atoms with Gasteiger partial charge in [-0.3, -0.25) is 9.69 Å². The van der Waals surface area contributed by atoms with Crippen LogP contribution >= 0.6 is 22.9 Å². The molecule has 1 aromatic heterocycles. The number of thiophene rings is 1. The number of carbonyl (C=O) groups is 3. The molecule has 8 nitrogen and oxygen atoms in total. The van der Waals surface area contributed by atoms with Crippen molar-refractivity contribution < 1.29 is 23.9 Å². The first kappa shape index (κ1) is 26.8. The Kier molecular flexibility index (Phi) is 8.33. The zero-order valence-electron chi connectivity index (χ0n) is 20.7. The van der Waals surface area contributed by atoms with Gasteiger partial charge < -0.3 is 20.1 Å². The summed E-state index contributed by atoms with van der Waals surface area (Å²) < 4.78 is 10.7. The van der Waals surface area contributed by atoms with E-state index in [1.54, 1.807) is 51.8 Å². The zero-order chi connectivity index (χ0) is 25.9. The number of nitrogens with two attached hydrogens (primary N) is 1. The molecule has 1 aliphatic heterocycles. The Labute approximate surface area is 214 Å². The maximum absolute atomic E-state index is 13.8. The number of nitrogen functional groups attached to an aromatic ring is 1. The summed E-state index contributed by atoms with van der Waals surface area (Å²) in [6, 6.07) is 6.40. The first-order valence-corrected chi connectivity index (χ1v) is 12.7. The summed E-state index contributed by atoms with van der Waals surface area (Å²) in [6.07, 6.45) is 0.204. The minimum atomic E-state index is -0.783. The Morgan fingerprint density at radius 2 is 1.89 bits per heavy atom. The number of ether oxygens (including phenoxy) is 2. The van der Waals surface area contributed by atoms with Gasteiger partial charge in [0.05, 0.1) is 18.7 Å². The summed E-state index contributed by atoms with van der Waals surface area (Å²) in [4.78, 5) is 42.9. The van der Waals surface area contributed by atoms with Crippen LogP contribution in [0.5, 0.6) is 0 Å². The van der Waals surface area contributed by atoms with Crippen LogP contribution in [0.4, 0.5) is 9.80 Å². The van der Waals surface area contributed by atoms with Crippen molar-refractivity contribution in [3.63, 3.8) is 0 Å². The highest BCUT2D eigenvalue weighted by molar-refractivity contribution is 7.16. The Hall–Kier alpha value is -2.78. The average Bonchev–Trinajstić information content (AvgIpc) is 3.11. The Bertz CT molecular complexity index is 1090. The monoisotopic (exact) mass is 521 g/mol. The molecule has 0 saturated carbocycles. The molecule has 0 spiro atoms. The molecule has 0 radical (unpaired) electrons. The van der Waals surface area contributed by atoms with Crippen LogP contribution in [0.3, 0.4) is 0 Å². The molecule has 1 atom stereocenters. The van der Waals surface area contributed by atoms with E-state index in [1.165, 1.54) is 16.2 Å². The Balaban J connectivity index is 1.86. The van der Waals surface area contributed by atoms with Crippen molar-refractivity contribution in [1.82, 2.24) is 9.80 Å². The fourth-order valence-corrected chi connectivity index (χ4v) is 5.19. The van der Waals surface area contributed by atoms with E-state index in [-0.39, 0.29) is 12.5 Å². The van der Waals surface area contributed by atoms with Gasteiger partial charge in [0.1, 0.15) is 16.6 Å². The third-order valence-electron chi connectivity index (χ3n) is 5.65. The molecule has 0 saturated heterocycles. The second-order valence-electron chi connectivity index (χ2n) is 9.41. The number of fused-ring (bicyclic) bond motifs is 1. The molecule has 0 unspecified atom stereocenters. The fourth-order valence-electron chi connectivity index (χ4n) is 3.95. The normalized spacial score (nSPS) is 14.2. The fraction of sp³-hybridized carbons (Fsp3) is 0.480. The molecule has 0 fully saturated rings. The first-order valence-electron chi connectivity index (χ1n) is 11.5. The SMILES string of the molecule is CCOC(=O)c1c(N)sc2c1CCN(C(=O)[C@@H](Cc1ccc(Cl)cc1)N(C)C(=O)OC(C)(C)C)C2. The summed E-state index contributed by atoms with van der Waals surface area (Å²) in [5.74, 6) is -0.642. The molecule has 0 aliphatic carbocycles. The van der Waals surface area contributed by atoms with Crippen LogP contribution in [0.15, 0.2) is 24.3 Å². The van der Waals surface area contributed by atoms with Crippen LogP contribution in [-0.4, -0.2) is 59.6 Å². The van der Waals surface area contributed by atoms with Crippen LogP contribution in [0.25, 0.3) is 0 Å². The number of likely N-dealkylation sites (N-methyl/N-ethyl adjacent to an activating group) is 1. The summed E-state index contributed by atoms with van der Waals surface area (Å²) in [5, 5.41) is 0.986. The van der Waals surface area contributed by atoms with E-state index < -0.39 is 23.7 Å². The molecule has 1 aliphatic rings. The lowest BCUT2D eigenvalue weighted by Gasteiger charge is -2.35. The molecule has 2 amide bonds. The van der Waals surface area contributed by atoms with Crippen molar-refractivity contribution in [2.24, 2.45) is 0 Å². The van der Waals surface area contributed by atoms with Crippen LogP contribution in [0.1, 0.15) is 54.1 Å². The van der Waals surface area contributed by atoms with Crippen molar-refractivity contribution in [3.8, 4) is 0 Å². The van der Waals surface area contributed by atoms with Crippen LogP contribution in [0.2, 0.25) is 5.02 Å². The molecule has 2 aromatic rings. The summed E-state index contributed by atoms with van der Waals surface area (Å²) in [5.41, 5.74) is 7.54. The van der Waals surface area contributed by atoms with Crippen molar-refractivity contribution in [2.75, 3.05) is 25.9 Å². The van der Waals surface area contributed by atoms with Gasteiger partial charge in [-0.05, 0) is 57.4 Å². The molecule has 190 valence electrons. The zero-order valence-corrected chi connectivity index (χ0v) is 22.3. The summed E-state index contributed by atoms with van der Waals surface area (Å²) in [7, 11) is 1.57. The standard InChI is InChI=1S/C25H32ClN3O5S/c1-6-33-23(31)20-17-11-12-29(14-19(17)35-21(20)27)22(30)18(13-15-7-9-16(26)10-8-15)28(5)24(32)34-25(2,3)4/h7-10,18H,6,11-14,27H2,1-5H3/t18-/m1/s1. The van der Waals surface area contributed by atoms with E-state index in [2.05, 4.69) is 0 Å². The van der Waals surface area contributed by atoms with Crippen LogP contribution in [-0.2, 0) is 33.7 Å². The number of benzene rings is 1. The third-order valence-corrected chi connectivity index (χ3v) is 6.95. The van der Waals surface area contributed by atoms with Gasteiger partial charge in [0, 0.05) is 29.9 Å². The Morgan fingerprint density at radius 1 is 1.23 bits per heavy atom. The van der Waals surface area contributed by atoms with Crippen molar-refractivity contribution in [1.29, 1.82) is 0 Å². The highest BCUT2D eigenvalue weighted by Gasteiger charge is 2.36. The molecule has 2 heterocycles. The lowest BCUT2D eigenvalue weighted by atomic mass is 10.00.